The Morgan fingerprint density at radius 2 is 1.59 bits per heavy atom. The number of hydrogen-bond donors (Lipinski definition) is 1. The summed E-state index contributed by atoms with van der Waals surface area (Å²) in [4.78, 5) is 29.0. The van der Waals surface area contributed by atoms with Gasteiger partial charge >= 0.3 is 5.97 Å². The van der Waals surface area contributed by atoms with Crippen LogP contribution in [0.4, 0.5) is 5.69 Å². The van der Waals surface area contributed by atoms with Crippen LogP contribution in [0.1, 0.15) is 11.1 Å². The van der Waals surface area contributed by atoms with Gasteiger partial charge in [-0.2, -0.15) is 0 Å². The van der Waals surface area contributed by atoms with Crippen LogP contribution in [-0.4, -0.2) is 45.7 Å². The first-order valence-electron chi connectivity index (χ1n) is 11.0. The zero-order chi connectivity index (χ0) is 26.4. The molecule has 4 rings (SSSR count). The van der Waals surface area contributed by atoms with Crippen LogP contribution in [0.2, 0.25) is 0 Å². The third kappa shape index (κ3) is 6.28. The second kappa shape index (κ2) is 11.6. The first kappa shape index (κ1) is 25.8. The molecule has 1 aliphatic rings. The van der Waals surface area contributed by atoms with E-state index < -0.39 is 5.97 Å². The van der Waals surface area contributed by atoms with E-state index in [-0.39, 0.29) is 24.1 Å². The number of methoxy groups -OCH3 is 3. The molecule has 0 saturated carbocycles. The van der Waals surface area contributed by atoms with Crippen molar-refractivity contribution in [2.75, 3.05) is 33.3 Å². The Bertz CT molecular complexity index is 1380. The number of nitrogens with one attached hydrogen (secondary N) is 1. The summed E-state index contributed by atoms with van der Waals surface area (Å²) in [5.74, 6) is 1.05. The van der Waals surface area contributed by atoms with Gasteiger partial charge in [0.2, 0.25) is 5.90 Å². The molecule has 1 heterocycles. The number of nitrogens with zero attached hydrogens (tertiary/aromatic N) is 1. The largest absolute Gasteiger partial charge is 0.493 e. The predicted octanol–water partition coefficient (Wildman–Crippen LogP) is 4.84. The first-order valence-corrected chi connectivity index (χ1v) is 11.8. The van der Waals surface area contributed by atoms with Gasteiger partial charge in [0.15, 0.2) is 35.3 Å². The average Bonchev–Trinajstić information content (AvgIpc) is 3.28. The van der Waals surface area contributed by atoms with Crippen molar-refractivity contribution in [1.82, 2.24) is 0 Å². The molecule has 0 radical (unpaired) electrons. The van der Waals surface area contributed by atoms with Crippen LogP contribution in [0.15, 0.2) is 75.8 Å². The maximum absolute atomic E-state index is 12.4. The van der Waals surface area contributed by atoms with Crippen LogP contribution in [-0.2, 0) is 14.3 Å². The summed E-state index contributed by atoms with van der Waals surface area (Å²) in [6, 6.07) is 17.3. The molecular formula is C27H23BrN2O7. The van der Waals surface area contributed by atoms with E-state index in [1.54, 1.807) is 54.6 Å². The SMILES string of the molecule is COc1ccc(C2=NC(=Cc3ccc(OCC(=O)Nc4ccc(Br)cc4)c(OC)c3)C(=O)O2)cc1OC. The third-order valence-corrected chi connectivity index (χ3v) is 5.76. The summed E-state index contributed by atoms with van der Waals surface area (Å²) < 4.78 is 27.9. The molecule has 0 aromatic heterocycles. The molecule has 0 unspecified atom stereocenters. The number of hydrogen-bond acceptors (Lipinski definition) is 8. The number of aliphatic imine (C=N–C) groups is 1. The van der Waals surface area contributed by atoms with Crippen molar-refractivity contribution < 1.29 is 33.3 Å². The molecule has 0 saturated heterocycles. The summed E-state index contributed by atoms with van der Waals surface area (Å²) in [7, 11) is 4.54. The molecule has 37 heavy (non-hydrogen) atoms. The highest BCUT2D eigenvalue weighted by molar-refractivity contribution is 9.10. The Hall–Kier alpha value is -4.31. The number of amides is 1. The van der Waals surface area contributed by atoms with Crippen molar-refractivity contribution in [2.24, 2.45) is 4.99 Å². The van der Waals surface area contributed by atoms with Crippen LogP contribution in [0.5, 0.6) is 23.0 Å². The van der Waals surface area contributed by atoms with Gasteiger partial charge in [-0.15, -0.1) is 0 Å². The number of cyclic esters (lactones) is 1. The first-order chi connectivity index (χ1) is 17.9. The van der Waals surface area contributed by atoms with E-state index in [9.17, 15) is 9.59 Å². The van der Waals surface area contributed by atoms with Crippen molar-refractivity contribution in [3.63, 3.8) is 0 Å². The highest BCUT2D eigenvalue weighted by Crippen LogP contribution is 2.31. The van der Waals surface area contributed by atoms with Crippen LogP contribution in [0, 0.1) is 0 Å². The van der Waals surface area contributed by atoms with E-state index in [2.05, 4.69) is 26.2 Å². The summed E-state index contributed by atoms with van der Waals surface area (Å²) >= 11 is 3.35. The minimum atomic E-state index is -0.589. The van der Waals surface area contributed by atoms with Crippen LogP contribution < -0.4 is 24.3 Å². The molecule has 0 atom stereocenters. The van der Waals surface area contributed by atoms with Crippen LogP contribution in [0.25, 0.3) is 6.08 Å². The van der Waals surface area contributed by atoms with Gasteiger partial charge in [-0.05, 0) is 66.2 Å². The van der Waals surface area contributed by atoms with E-state index in [1.807, 2.05) is 12.1 Å². The van der Waals surface area contributed by atoms with Gasteiger partial charge in [-0.3, -0.25) is 4.79 Å². The summed E-state index contributed by atoms with van der Waals surface area (Å²) in [6.07, 6.45) is 1.57. The van der Waals surface area contributed by atoms with E-state index in [0.29, 0.717) is 39.8 Å². The van der Waals surface area contributed by atoms with Gasteiger partial charge in [0.05, 0.1) is 21.3 Å². The van der Waals surface area contributed by atoms with Crippen molar-refractivity contribution in [3.05, 3.63) is 82.0 Å². The monoisotopic (exact) mass is 566 g/mol. The number of esters is 1. The van der Waals surface area contributed by atoms with Crippen LogP contribution in [0.3, 0.4) is 0 Å². The molecule has 1 aliphatic heterocycles. The number of rotatable bonds is 9. The lowest BCUT2D eigenvalue weighted by molar-refractivity contribution is -0.130. The van der Waals surface area contributed by atoms with E-state index >= 15 is 0 Å². The van der Waals surface area contributed by atoms with Crippen molar-refractivity contribution in [2.45, 2.75) is 0 Å². The lowest BCUT2D eigenvalue weighted by Gasteiger charge is -2.11. The number of carbonyl (C=O) groups excluding carboxylic acids is 2. The smallest absolute Gasteiger partial charge is 0.363 e. The van der Waals surface area contributed by atoms with Gasteiger partial charge in [0.25, 0.3) is 5.91 Å². The minimum absolute atomic E-state index is 0.120. The topological polar surface area (TPSA) is 105 Å². The zero-order valence-corrected chi connectivity index (χ0v) is 21.8. The molecule has 0 aliphatic carbocycles. The molecule has 10 heteroatoms. The van der Waals surface area contributed by atoms with Crippen LogP contribution >= 0.6 is 15.9 Å². The standard InChI is InChI=1S/C27H23BrN2O7/c1-33-21-11-5-17(14-24(21)35-3)26-30-20(27(32)37-26)12-16-4-10-22(23(13-16)34-2)36-15-25(31)29-19-8-6-18(28)7-9-19/h4-14H,15H2,1-3H3,(H,29,31). The minimum Gasteiger partial charge on any atom is -0.493 e. The number of halogens is 1. The molecule has 0 fully saturated rings. The molecule has 3 aromatic carbocycles. The third-order valence-electron chi connectivity index (χ3n) is 5.23. The number of ether oxygens (including phenoxy) is 5. The Morgan fingerprint density at radius 1 is 0.919 bits per heavy atom. The van der Waals surface area contributed by atoms with Crippen molar-refractivity contribution >= 4 is 45.5 Å². The molecule has 190 valence electrons. The zero-order valence-electron chi connectivity index (χ0n) is 20.2. The quantitative estimate of drug-likeness (QED) is 0.292. The Kier molecular flexibility index (Phi) is 8.09. The Labute approximate surface area is 221 Å². The van der Waals surface area contributed by atoms with Gasteiger partial charge in [-0.25, -0.2) is 9.79 Å². The molecule has 9 nitrogen and oxygen atoms in total. The van der Waals surface area contributed by atoms with Gasteiger partial charge in [-0.1, -0.05) is 22.0 Å². The summed E-state index contributed by atoms with van der Waals surface area (Å²) in [6.45, 7) is -0.210. The van der Waals surface area contributed by atoms with E-state index in [0.717, 1.165) is 4.47 Å². The molecule has 3 aromatic rings. The number of carbonyl (C=O) groups is 2. The van der Waals surface area contributed by atoms with Gasteiger partial charge < -0.3 is 29.0 Å². The summed E-state index contributed by atoms with van der Waals surface area (Å²) in [5.41, 5.74) is 1.97. The normalized spacial score (nSPS) is 13.6. The number of anilines is 1. The second-order valence-electron chi connectivity index (χ2n) is 7.66. The molecule has 0 bridgehead atoms. The van der Waals surface area contributed by atoms with Gasteiger partial charge in [0.1, 0.15) is 0 Å². The second-order valence-corrected chi connectivity index (χ2v) is 8.58. The highest BCUT2D eigenvalue weighted by Gasteiger charge is 2.25. The fourth-order valence-electron chi connectivity index (χ4n) is 3.43. The molecule has 1 N–H and O–H groups in total. The average molecular weight is 567 g/mol. The Morgan fingerprint density at radius 3 is 2.30 bits per heavy atom. The highest BCUT2D eigenvalue weighted by atomic mass is 79.9. The van der Waals surface area contributed by atoms with Gasteiger partial charge in [0, 0.05) is 15.7 Å². The Balaban J connectivity index is 1.47. The van der Waals surface area contributed by atoms with Crippen molar-refractivity contribution in [1.29, 1.82) is 0 Å². The lowest BCUT2D eigenvalue weighted by atomic mass is 10.1. The maximum atomic E-state index is 12.4. The fourth-order valence-corrected chi connectivity index (χ4v) is 3.69. The van der Waals surface area contributed by atoms with E-state index in [1.165, 1.54) is 21.3 Å². The molecule has 1 amide bonds. The maximum Gasteiger partial charge on any atom is 0.363 e. The fraction of sp³-hybridized carbons (Fsp3) is 0.148. The lowest BCUT2D eigenvalue weighted by Crippen LogP contribution is -2.20. The predicted molar refractivity (Wildman–Crippen MR) is 141 cm³/mol. The molecular weight excluding hydrogens is 544 g/mol. The van der Waals surface area contributed by atoms with E-state index in [4.69, 9.17) is 23.7 Å². The summed E-state index contributed by atoms with van der Waals surface area (Å²) in [5, 5.41) is 2.76. The number of benzene rings is 3. The van der Waals surface area contributed by atoms with Crippen molar-refractivity contribution in [3.8, 4) is 23.0 Å². The molecule has 0 spiro atoms.